The van der Waals surface area contributed by atoms with Crippen LogP contribution in [0.4, 0.5) is 51.2 Å². The maximum absolute atomic E-state index is 10.7. The molecule has 0 fully saturated rings. The fraction of sp³-hybridized carbons (Fsp3) is 0.333. The first-order valence-electron chi connectivity index (χ1n) is 23.2. The van der Waals surface area contributed by atoms with Gasteiger partial charge in [0.1, 0.15) is 51.6 Å². The summed E-state index contributed by atoms with van der Waals surface area (Å²) in [6.45, 7) is 19.6. The van der Waals surface area contributed by atoms with E-state index in [0.717, 1.165) is 42.3 Å². The summed E-state index contributed by atoms with van der Waals surface area (Å²) >= 11 is 0. The SMILES string of the molecule is CCN1c2cc(O)c(N=Nc3cc(N=Nc4ccc(OC)cc4)ccc3O)cc2C(C)CC1(C)C.CCN1c2cc(O)ccc2C(C)CC1(C)C.COc1ccc(N=Nc2ccc(O)c(N=N)c2)cc1.[Co]. The molecule has 2 heterocycles. The van der Waals surface area contributed by atoms with Crippen molar-refractivity contribution in [3.8, 4) is 34.5 Å². The van der Waals surface area contributed by atoms with Crippen molar-refractivity contribution in [2.45, 2.75) is 91.1 Å². The Balaban J connectivity index is 0.000000219. The largest absolute Gasteiger partial charge is 0.508 e. The van der Waals surface area contributed by atoms with E-state index in [2.05, 4.69) is 107 Å². The molecule has 6 aromatic rings. The third-order valence-electron chi connectivity index (χ3n) is 12.5. The molecule has 0 bridgehead atoms. The Morgan fingerprint density at radius 2 is 0.915 bits per heavy atom. The zero-order chi connectivity index (χ0) is 50.8. The average molecular weight is 1010 g/mol. The summed E-state index contributed by atoms with van der Waals surface area (Å²) in [5, 5.41) is 68.1. The van der Waals surface area contributed by atoms with Crippen LogP contribution < -0.4 is 19.3 Å². The second kappa shape index (κ2) is 24.0. The number of azo groups is 3. The topological polar surface area (TPSA) is 216 Å². The number of nitrogens with zero attached hydrogens (tertiary/aromatic N) is 9. The van der Waals surface area contributed by atoms with Crippen LogP contribution >= 0.6 is 0 Å². The first kappa shape index (κ1) is 54.6. The second-order valence-corrected chi connectivity index (χ2v) is 18.4. The van der Waals surface area contributed by atoms with Crippen LogP contribution in [0.2, 0.25) is 0 Å². The molecule has 0 saturated carbocycles. The van der Waals surface area contributed by atoms with Gasteiger partial charge in [-0.05, 0) is 174 Å². The van der Waals surface area contributed by atoms with Crippen LogP contribution in [0, 0.1) is 5.53 Å². The summed E-state index contributed by atoms with van der Waals surface area (Å²) in [7, 11) is 3.20. The van der Waals surface area contributed by atoms with E-state index >= 15 is 0 Å². The van der Waals surface area contributed by atoms with Gasteiger partial charge in [0.15, 0.2) is 0 Å². The van der Waals surface area contributed by atoms with E-state index < -0.39 is 0 Å². The number of nitrogens with one attached hydrogen (secondary N) is 1. The molecule has 2 atom stereocenters. The van der Waals surface area contributed by atoms with Gasteiger partial charge in [-0.1, -0.05) is 19.9 Å². The predicted molar refractivity (Wildman–Crippen MR) is 276 cm³/mol. The quantitative estimate of drug-likeness (QED) is 0.0785. The van der Waals surface area contributed by atoms with E-state index in [-0.39, 0.29) is 56.5 Å². The van der Waals surface area contributed by atoms with E-state index in [1.807, 2.05) is 12.1 Å². The van der Waals surface area contributed by atoms with Gasteiger partial charge in [0, 0.05) is 64.5 Å². The van der Waals surface area contributed by atoms with Crippen molar-refractivity contribution < 1.29 is 46.7 Å². The molecule has 16 nitrogen and oxygen atoms in total. The van der Waals surface area contributed by atoms with Gasteiger partial charge < -0.3 is 39.7 Å². The van der Waals surface area contributed by atoms with E-state index in [1.54, 1.807) is 93.1 Å². The van der Waals surface area contributed by atoms with Crippen molar-refractivity contribution in [3.63, 3.8) is 0 Å². The van der Waals surface area contributed by atoms with Gasteiger partial charge in [0.05, 0.1) is 37.0 Å². The maximum Gasteiger partial charge on any atom is 0.145 e. The molecule has 0 aromatic heterocycles. The van der Waals surface area contributed by atoms with Gasteiger partial charge in [0.25, 0.3) is 0 Å². The van der Waals surface area contributed by atoms with Crippen molar-refractivity contribution >= 4 is 51.2 Å². The van der Waals surface area contributed by atoms with Gasteiger partial charge in [-0.15, -0.1) is 10.2 Å². The van der Waals surface area contributed by atoms with Crippen molar-refractivity contribution in [2.24, 2.45) is 35.8 Å². The molecule has 8 rings (SSSR count). The molecule has 0 amide bonds. The summed E-state index contributed by atoms with van der Waals surface area (Å²) in [6, 6.07) is 33.0. The van der Waals surface area contributed by atoms with Crippen molar-refractivity contribution in [2.75, 3.05) is 37.1 Å². The van der Waals surface area contributed by atoms with Gasteiger partial charge in [-0.3, -0.25) is 0 Å². The van der Waals surface area contributed by atoms with Gasteiger partial charge >= 0.3 is 0 Å². The minimum Gasteiger partial charge on any atom is -0.508 e. The first-order valence-corrected chi connectivity index (χ1v) is 23.2. The number of hydrogen-bond acceptors (Lipinski definition) is 16. The smallest absolute Gasteiger partial charge is 0.145 e. The molecule has 2 aliphatic heterocycles. The molecule has 0 aliphatic carbocycles. The number of hydrogen-bond donors (Lipinski definition) is 5. The normalized spacial score (nSPS) is 16.5. The zero-order valence-electron chi connectivity index (χ0n) is 41.9. The number of phenolic OH excluding ortho intramolecular Hbond substituents is 4. The Hall–Kier alpha value is -7.37. The molecule has 375 valence electrons. The minimum absolute atomic E-state index is 0. The number of phenols is 4. The fourth-order valence-electron chi connectivity index (χ4n) is 9.22. The number of benzene rings is 6. The standard InChI is InChI=1S/C27H31N5O3.C14H21NO.C13H12N4O2.Co/c1-6-32-24-15-26(34)23(14-21(24)17(2)16-27(32,3)4)31-30-22-13-19(9-12-25(22)33)29-28-18-7-10-20(35-5)11-8-18;1-5-15-13-8-11(16)6-7-12(13)10(2)9-14(15,3)4;1-19-11-5-2-9(3-6-11)16-17-10-4-7-13(18)12(8-10)15-14;/h7-15,17,33-34H,6,16H2,1-5H3;6-8,10,16H,5,9H2,1-4H3;2-8,14,18H,1H3;. The van der Waals surface area contributed by atoms with Crippen molar-refractivity contribution in [1.82, 2.24) is 0 Å². The Labute approximate surface area is 426 Å². The summed E-state index contributed by atoms with van der Waals surface area (Å²) in [6.07, 6.45) is 2.16. The second-order valence-electron chi connectivity index (χ2n) is 18.4. The summed E-state index contributed by atoms with van der Waals surface area (Å²) in [4.78, 5) is 4.70. The number of anilines is 2. The molecule has 2 aliphatic rings. The van der Waals surface area contributed by atoms with Gasteiger partial charge in [-0.2, -0.15) is 25.6 Å². The van der Waals surface area contributed by atoms with Gasteiger partial charge in [0.2, 0.25) is 0 Å². The van der Waals surface area contributed by atoms with Crippen LogP contribution in [0.25, 0.3) is 0 Å². The Morgan fingerprint density at radius 1 is 0.507 bits per heavy atom. The van der Waals surface area contributed by atoms with Crippen LogP contribution in [0.1, 0.15) is 91.2 Å². The molecule has 17 heteroatoms. The third kappa shape index (κ3) is 13.5. The van der Waals surface area contributed by atoms with Crippen molar-refractivity contribution in [3.05, 3.63) is 126 Å². The predicted octanol–water partition coefficient (Wildman–Crippen LogP) is 16.0. The van der Waals surface area contributed by atoms with E-state index in [9.17, 15) is 20.4 Å². The number of ether oxygens (including phenoxy) is 2. The molecule has 71 heavy (non-hydrogen) atoms. The van der Waals surface area contributed by atoms with E-state index in [1.165, 1.54) is 35.9 Å². The molecule has 6 aromatic carbocycles. The minimum atomic E-state index is -0.0570. The van der Waals surface area contributed by atoms with Gasteiger partial charge in [-0.25, -0.2) is 5.53 Å². The Kier molecular flexibility index (Phi) is 18.4. The number of aromatic hydroxyl groups is 4. The summed E-state index contributed by atoms with van der Waals surface area (Å²) < 4.78 is 10.2. The number of rotatable bonds is 11. The van der Waals surface area contributed by atoms with Crippen LogP contribution in [0.15, 0.2) is 151 Å². The molecule has 1 radical (unpaired) electrons. The molecule has 0 spiro atoms. The van der Waals surface area contributed by atoms with E-state index in [4.69, 9.17) is 15.0 Å². The van der Waals surface area contributed by atoms with E-state index in [0.29, 0.717) is 46.0 Å². The van der Waals surface area contributed by atoms with Crippen LogP contribution in [-0.4, -0.2) is 58.8 Å². The zero-order valence-corrected chi connectivity index (χ0v) is 43.0. The molecule has 0 saturated heterocycles. The molecule has 2 unspecified atom stereocenters. The van der Waals surface area contributed by atoms with Crippen LogP contribution in [0.3, 0.4) is 0 Å². The van der Waals surface area contributed by atoms with Crippen LogP contribution in [-0.2, 0) is 16.8 Å². The van der Waals surface area contributed by atoms with Crippen molar-refractivity contribution in [1.29, 1.82) is 5.53 Å². The number of methoxy groups -OCH3 is 2. The fourth-order valence-corrected chi connectivity index (χ4v) is 9.22. The monoisotopic (exact) mass is 1010 g/mol. The van der Waals surface area contributed by atoms with Crippen LogP contribution in [0.5, 0.6) is 34.5 Å². The maximum atomic E-state index is 10.7. The number of fused-ring (bicyclic) bond motifs is 2. The molecular formula is C54H64CoN10O6. The molecular weight excluding hydrogens is 944 g/mol. The third-order valence-corrected chi connectivity index (χ3v) is 12.5. The summed E-state index contributed by atoms with van der Waals surface area (Å²) in [5.41, 5.74) is 14.9. The average Bonchev–Trinajstić information content (AvgIpc) is 3.33. The Bertz CT molecular complexity index is 2850. The molecule has 5 N–H and O–H groups in total. The first-order chi connectivity index (χ1) is 33.4. The summed E-state index contributed by atoms with van der Waals surface area (Å²) in [5.74, 6) is 2.68. The Morgan fingerprint density at radius 3 is 1.38 bits per heavy atom.